The van der Waals surface area contributed by atoms with Crippen molar-refractivity contribution in [2.24, 2.45) is 0 Å². The van der Waals surface area contributed by atoms with E-state index in [1.54, 1.807) is 4.68 Å². The average Bonchev–Trinajstić information content (AvgIpc) is 3.05. The molecular formula is C17H20N6O2. The first-order valence-corrected chi connectivity index (χ1v) is 8.25. The van der Waals surface area contributed by atoms with E-state index in [1.165, 1.54) is 6.33 Å². The summed E-state index contributed by atoms with van der Waals surface area (Å²) in [5, 5.41) is 11.2. The summed E-state index contributed by atoms with van der Waals surface area (Å²) in [5.41, 5.74) is 2.24. The van der Waals surface area contributed by atoms with E-state index in [2.05, 4.69) is 25.6 Å². The van der Waals surface area contributed by atoms with Crippen molar-refractivity contribution in [2.45, 2.75) is 26.3 Å². The van der Waals surface area contributed by atoms with Gasteiger partial charge in [-0.15, -0.1) is 5.10 Å². The van der Waals surface area contributed by atoms with Gasteiger partial charge in [0.25, 0.3) is 0 Å². The van der Waals surface area contributed by atoms with Crippen LogP contribution in [0, 0.1) is 0 Å². The molecule has 25 heavy (non-hydrogen) atoms. The minimum absolute atomic E-state index is 0.0291. The smallest absolute Gasteiger partial charge is 0.325 e. The zero-order chi connectivity index (χ0) is 17.5. The number of hydrogen-bond donors (Lipinski definition) is 1. The molecule has 0 saturated heterocycles. The maximum atomic E-state index is 11.7. The molecular weight excluding hydrogens is 320 g/mol. The van der Waals surface area contributed by atoms with Crippen molar-refractivity contribution in [3.05, 3.63) is 42.2 Å². The molecule has 0 aliphatic rings. The molecule has 1 N–H and O–H groups in total. The van der Waals surface area contributed by atoms with Gasteiger partial charge in [-0.1, -0.05) is 48.9 Å². The number of ether oxygens (including phenoxy) is 1. The summed E-state index contributed by atoms with van der Waals surface area (Å²) in [4.78, 5) is 20.1. The molecule has 0 unspecified atom stereocenters. The Hall–Kier alpha value is -3.03. The van der Waals surface area contributed by atoms with Crippen LogP contribution in [0.25, 0.3) is 11.2 Å². The highest BCUT2D eigenvalue weighted by molar-refractivity contribution is 5.84. The van der Waals surface area contributed by atoms with Crippen LogP contribution >= 0.6 is 0 Å². The van der Waals surface area contributed by atoms with Gasteiger partial charge in [0.2, 0.25) is 0 Å². The molecule has 1 aromatic carbocycles. The maximum Gasteiger partial charge on any atom is 0.325 e. The lowest BCUT2D eigenvalue weighted by Crippen LogP contribution is -2.18. The molecule has 0 fully saturated rings. The van der Waals surface area contributed by atoms with Gasteiger partial charge in [-0.25, -0.2) is 14.6 Å². The van der Waals surface area contributed by atoms with Gasteiger partial charge in [0.1, 0.15) is 12.9 Å². The minimum Gasteiger partial charge on any atom is -0.464 e. The third-order valence-corrected chi connectivity index (χ3v) is 3.64. The van der Waals surface area contributed by atoms with Crippen LogP contribution in [0.2, 0.25) is 0 Å². The maximum absolute atomic E-state index is 11.7. The Labute approximate surface area is 145 Å². The Morgan fingerprint density at radius 3 is 2.88 bits per heavy atom. The Morgan fingerprint density at radius 1 is 1.24 bits per heavy atom. The normalized spacial score (nSPS) is 10.8. The molecule has 3 rings (SSSR count). The number of esters is 1. The highest BCUT2D eigenvalue weighted by atomic mass is 16.5. The Balaban J connectivity index is 1.69. The summed E-state index contributed by atoms with van der Waals surface area (Å²) in [7, 11) is 0. The fraction of sp³-hybridized carbons (Fsp3) is 0.353. The second-order valence-corrected chi connectivity index (χ2v) is 5.55. The van der Waals surface area contributed by atoms with Crippen LogP contribution in [0.4, 0.5) is 5.82 Å². The van der Waals surface area contributed by atoms with Crippen molar-refractivity contribution in [2.75, 3.05) is 18.5 Å². The van der Waals surface area contributed by atoms with Crippen LogP contribution in [-0.2, 0) is 16.1 Å². The molecule has 130 valence electrons. The second kappa shape index (κ2) is 8.18. The van der Waals surface area contributed by atoms with E-state index in [0.717, 1.165) is 18.4 Å². The average molecular weight is 340 g/mol. The van der Waals surface area contributed by atoms with E-state index in [4.69, 9.17) is 4.74 Å². The fourth-order valence-corrected chi connectivity index (χ4v) is 2.32. The van der Waals surface area contributed by atoms with E-state index in [1.807, 2.05) is 37.3 Å². The standard InChI is InChI=1S/C17H20N6O2/c1-2-3-9-25-14(24)10-18-16-15-17(20-12-19-16)23(22-21-15)11-13-7-5-4-6-8-13/h4-8,12H,2-3,9-11H2,1H3,(H,18,19,20). The van der Waals surface area contributed by atoms with Crippen molar-refractivity contribution < 1.29 is 9.53 Å². The number of hydrogen-bond acceptors (Lipinski definition) is 7. The summed E-state index contributed by atoms with van der Waals surface area (Å²) in [5.74, 6) is 0.147. The first kappa shape index (κ1) is 16.8. The van der Waals surface area contributed by atoms with Crippen molar-refractivity contribution in [1.82, 2.24) is 25.0 Å². The number of anilines is 1. The van der Waals surface area contributed by atoms with E-state index in [-0.39, 0.29) is 12.5 Å². The predicted molar refractivity (Wildman–Crippen MR) is 93.0 cm³/mol. The zero-order valence-corrected chi connectivity index (χ0v) is 14.1. The lowest BCUT2D eigenvalue weighted by atomic mass is 10.2. The van der Waals surface area contributed by atoms with E-state index in [0.29, 0.717) is 30.1 Å². The molecule has 0 spiro atoms. The molecule has 0 atom stereocenters. The third kappa shape index (κ3) is 4.28. The Bertz CT molecular complexity index is 834. The molecule has 0 aliphatic carbocycles. The number of carbonyl (C=O) groups is 1. The number of aromatic nitrogens is 5. The number of nitrogens with zero attached hydrogens (tertiary/aromatic N) is 5. The number of fused-ring (bicyclic) bond motifs is 1. The third-order valence-electron chi connectivity index (χ3n) is 3.64. The van der Waals surface area contributed by atoms with Crippen LogP contribution in [0.5, 0.6) is 0 Å². The van der Waals surface area contributed by atoms with Gasteiger partial charge in [-0.05, 0) is 12.0 Å². The quantitative estimate of drug-likeness (QED) is 0.495. The zero-order valence-electron chi connectivity index (χ0n) is 14.1. The number of benzene rings is 1. The van der Waals surface area contributed by atoms with E-state index < -0.39 is 0 Å². The Morgan fingerprint density at radius 2 is 2.08 bits per heavy atom. The fourth-order valence-electron chi connectivity index (χ4n) is 2.32. The monoisotopic (exact) mass is 340 g/mol. The minimum atomic E-state index is -0.322. The first-order chi connectivity index (χ1) is 12.3. The molecule has 0 aliphatic heterocycles. The van der Waals surface area contributed by atoms with Gasteiger partial charge in [-0.2, -0.15) is 0 Å². The number of carbonyl (C=O) groups excluding carboxylic acids is 1. The molecule has 8 nitrogen and oxygen atoms in total. The lowest BCUT2D eigenvalue weighted by molar-refractivity contribution is -0.141. The molecule has 0 radical (unpaired) electrons. The predicted octanol–water partition coefficient (Wildman–Crippen LogP) is 2.02. The van der Waals surface area contributed by atoms with Crippen LogP contribution in [0.15, 0.2) is 36.7 Å². The molecule has 0 saturated carbocycles. The van der Waals surface area contributed by atoms with Crippen LogP contribution in [-0.4, -0.2) is 44.1 Å². The summed E-state index contributed by atoms with van der Waals surface area (Å²) in [6.07, 6.45) is 3.27. The molecule has 2 heterocycles. The van der Waals surface area contributed by atoms with Crippen LogP contribution < -0.4 is 5.32 Å². The van der Waals surface area contributed by atoms with Gasteiger partial charge >= 0.3 is 5.97 Å². The second-order valence-electron chi connectivity index (χ2n) is 5.55. The number of rotatable bonds is 8. The molecule has 3 aromatic rings. The van der Waals surface area contributed by atoms with Gasteiger partial charge in [0, 0.05) is 0 Å². The van der Waals surface area contributed by atoms with Gasteiger partial charge in [0.05, 0.1) is 13.2 Å². The highest BCUT2D eigenvalue weighted by Gasteiger charge is 2.13. The van der Waals surface area contributed by atoms with Crippen LogP contribution in [0.1, 0.15) is 25.3 Å². The summed E-state index contributed by atoms with van der Waals surface area (Å²) in [6.45, 7) is 3.07. The molecule has 8 heteroatoms. The number of unbranched alkanes of at least 4 members (excludes halogenated alkanes) is 1. The molecule has 2 aromatic heterocycles. The highest BCUT2D eigenvalue weighted by Crippen LogP contribution is 2.16. The van der Waals surface area contributed by atoms with Crippen molar-refractivity contribution >= 4 is 23.0 Å². The lowest BCUT2D eigenvalue weighted by Gasteiger charge is -2.06. The van der Waals surface area contributed by atoms with Crippen molar-refractivity contribution in [3.63, 3.8) is 0 Å². The van der Waals surface area contributed by atoms with Gasteiger partial charge in [0.15, 0.2) is 17.0 Å². The van der Waals surface area contributed by atoms with Gasteiger partial charge in [-0.3, -0.25) is 4.79 Å². The van der Waals surface area contributed by atoms with Crippen molar-refractivity contribution in [3.8, 4) is 0 Å². The van der Waals surface area contributed by atoms with Gasteiger partial charge < -0.3 is 10.1 Å². The molecule has 0 amide bonds. The van der Waals surface area contributed by atoms with Crippen molar-refractivity contribution in [1.29, 1.82) is 0 Å². The topological polar surface area (TPSA) is 94.8 Å². The van der Waals surface area contributed by atoms with Crippen LogP contribution in [0.3, 0.4) is 0 Å². The summed E-state index contributed by atoms with van der Waals surface area (Å²) in [6, 6.07) is 9.94. The first-order valence-electron chi connectivity index (χ1n) is 8.25. The number of nitrogens with one attached hydrogen (secondary N) is 1. The van der Waals surface area contributed by atoms with E-state index in [9.17, 15) is 4.79 Å². The SMILES string of the molecule is CCCCOC(=O)CNc1ncnc2c1nnn2Cc1ccccc1. The largest absolute Gasteiger partial charge is 0.464 e. The summed E-state index contributed by atoms with van der Waals surface area (Å²) < 4.78 is 6.82. The molecule has 0 bridgehead atoms. The summed E-state index contributed by atoms with van der Waals surface area (Å²) >= 11 is 0. The Kier molecular flexibility index (Phi) is 5.50. The van der Waals surface area contributed by atoms with E-state index >= 15 is 0 Å².